The Kier molecular flexibility index (Phi) is 3.74. The molecule has 0 aromatic heterocycles. The molecular formula is C14H23NO4. The molecule has 0 aromatic carbocycles. The minimum Gasteiger partial charge on any atom is -0.481 e. The van der Waals surface area contributed by atoms with E-state index in [9.17, 15) is 14.7 Å². The largest absolute Gasteiger partial charge is 0.481 e. The highest BCUT2D eigenvalue weighted by Gasteiger charge is 2.45. The quantitative estimate of drug-likeness (QED) is 0.793. The number of ether oxygens (including phenoxy) is 1. The normalized spacial score (nSPS) is 30.9. The van der Waals surface area contributed by atoms with Crippen LogP contribution in [0.3, 0.4) is 0 Å². The number of carbonyl (C=O) groups is 2. The standard InChI is InChI=1S/C14H23NO4/c1-14(2,3)19-13(18)15-7-9-5-4-6-10(12(16)17)11(9)8-15/h9-11H,4-8H2,1-3H3,(H,16,17)/t9-,10+,11+/m0/s1. The Labute approximate surface area is 113 Å². The summed E-state index contributed by atoms with van der Waals surface area (Å²) < 4.78 is 5.36. The monoisotopic (exact) mass is 269 g/mol. The van der Waals surface area contributed by atoms with E-state index in [1.165, 1.54) is 0 Å². The van der Waals surface area contributed by atoms with E-state index in [-0.39, 0.29) is 17.9 Å². The number of aliphatic carboxylic acids is 1. The molecule has 0 bridgehead atoms. The van der Waals surface area contributed by atoms with Gasteiger partial charge in [-0.1, -0.05) is 6.42 Å². The lowest BCUT2D eigenvalue weighted by Crippen LogP contribution is -2.36. The minimum absolute atomic E-state index is 0.0961. The first-order chi connectivity index (χ1) is 8.78. The molecular weight excluding hydrogens is 246 g/mol. The zero-order valence-corrected chi connectivity index (χ0v) is 11.9. The highest BCUT2D eigenvalue weighted by molar-refractivity contribution is 5.72. The Hall–Kier alpha value is -1.26. The third kappa shape index (κ3) is 3.19. The molecule has 0 unspecified atom stereocenters. The molecule has 1 heterocycles. The number of hydrogen-bond acceptors (Lipinski definition) is 3. The molecule has 0 spiro atoms. The number of rotatable bonds is 1. The van der Waals surface area contributed by atoms with Crippen molar-refractivity contribution in [2.75, 3.05) is 13.1 Å². The molecule has 19 heavy (non-hydrogen) atoms. The third-order valence-electron chi connectivity index (χ3n) is 4.07. The molecule has 3 atom stereocenters. The van der Waals surface area contributed by atoms with Gasteiger partial charge >= 0.3 is 12.1 Å². The zero-order chi connectivity index (χ0) is 14.2. The van der Waals surface area contributed by atoms with E-state index in [0.717, 1.165) is 19.3 Å². The molecule has 0 radical (unpaired) electrons. The number of carboxylic acid groups (broad SMARTS) is 1. The molecule has 1 saturated carbocycles. The molecule has 1 aliphatic carbocycles. The van der Waals surface area contributed by atoms with Gasteiger partial charge in [0.15, 0.2) is 0 Å². The lowest BCUT2D eigenvalue weighted by Gasteiger charge is -2.29. The van der Waals surface area contributed by atoms with Crippen LogP contribution >= 0.6 is 0 Å². The highest BCUT2D eigenvalue weighted by Crippen LogP contribution is 2.40. The fourth-order valence-electron chi connectivity index (χ4n) is 3.25. The predicted octanol–water partition coefficient (Wildman–Crippen LogP) is 2.35. The topological polar surface area (TPSA) is 66.8 Å². The van der Waals surface area contributed by atoms with Crippen molar-refractivity contribution >= 4 is 12.1 Å². The first-order valence-corrected chi connectivity index (χ1v) is 6.98. The Morgan fingerprint density at radius 2 is 1.89 bits per heavy atom. The molecule has 1 saturated heterocycles. The molecule has 0 aromatic rings. The maximum absolute atomic E-state index is 12.0. The summed E-state index contributed by atoms with van der Waals surface area (Å²) in [7, 11) is 0. The van der Waals surface area contributed by atoms with Gasteiger partial charge < -0.3 is 14.7 Å². The number of likely N-dealkylation sites (tertiary alicyclic amines) is 1. The second-order valence-electron chi connectivity index (χ2n) is 6.68. The molecule has 2 fully saturated rings. The number of amides is 1. The highest BCUT2D eigenvalue weighted by atomic mass is 16.6. The fraction of sp³-hybridized carbons (Fsp3) is 0.857. The second kappa shape index (κ2) is 5.02. The Bertz CT molecular complexity index is 374. The summed E-state index contributed by atoms with van der Waals surface area (Å²) in [4.78, 5) is 25.0. The first kappa shape index (κ1) is 14.2. The number of carbonyl (C=O) groups excluding carboxylic acids is 1. The number of carboxylic acids is 1. The van der Waals surface area contributed by atoms with Crippen LogP contribution < -0.4 is 0 Å². The van der Waals surface area contributed by atoms with Gasteiger partial charge in [-0.3, -0.25) is 4.79 Å². The smallest absolute Gasteiger partial charge is 0.410 e. The lowest BCUT2D eigenvalue weighted by atomic mass is 9.74. The van der Waals surface area contributed by atoms with Gasteiger partial charge in [-0.2, -0.15) is 0 Å². The molecule has 2 aliphatic rings. The summed E-state index contributed by atoms with van der Waals surface area (Å²) in [5, 5.41) is 9.26. The van der Waals surface area contributed by atoms with Crippen LogP contribution in [-0.2, 0) is 9.53 Å². The Morgan fingerprint density at radius 1 is 1.21 bits per heavy atom. The van der Waals surface area contributed by atoms with Crippen molar-refractivity contribution in [3.8, 4) is 0 Å². The summed E-state index contributed by atoms with van der Waals surface area (Å²) in [5.41, 5.74) is -0.503. The van der Waals surface area contributed by atoms with Crippen LogP contribution in [0.25, 0.3) is 0 Å². The van der Waals surface area contributed by atoms with Crippen molar-refractivity contribution in [2.45, 2.75) is 45.6 Å². The number of hydrogen-bond donors (Lipinski definition) is 1. The molecule has 5 nitrogen and oxygen atoms in total. The fourth-order valence-corrected chi connectivity index (χ4v) is 3.25. The Balaban J connectivity index is 2.01. The average molecular weight is 269 g/mol. The van der Waals surface area contributed by atoms with E-state index in [0.29, 0.717) is 19.0 Å². The van der Waals surface area contributed by atoms with Gasteiger partial charge in [0.25, 0.3) is 0 Å². The second-order valence-corrected chi connectivity index (χ2v) is 6.68. The third-order valence-corrected chi connectivity index (χ3v) is 4.07. The van der Waals surface area contributed by atoms with Crippen molar-refractivity contribution in [3.63, 3.8) is 0 Å². The van der Waals surface area contributed by atoms with Crippen molar-refractivity contribution in [3.05, 3.63) is 0 Å². The summed E-state index contributed by atoms with van der Waals surface area (Å²) in [5.74, 6) is -0.604. The van der Waals surface area contributed by atoms with E-state index in [2.05, 4.69) is 0 Å². The summed E-state index contributed by atoms with van der Waals surface area (Å²) >= 11 is 0. The molecule has 2 rings (SSSR count). The van der Waals surface area contributed by atoms with Crippen LogP contribution in [-0.4, -0.2) is 40.8 Å². The maximum Gasteiger partial charge on any atom is 0.410 e. The van der Waals surface area contributed by atoms with E-state index >= 15 is 0 Å². The van der Waals surface area contributed by atoms with Gasteiger partial charge in [-0.05, 0) is 45.4 Å². The molecule has 5 heteroatoms. The van der Waals surface area contributed by atoms with Gasteiger partial charge in [0.1, 0.15) is 5.60 Å². The molecule has 1 aliphatic heterocycles. The van der Waals surface area contributed by atoms with Gasteiger partial charge in [0.05, 0.1) is 5.92 Å². The summed E-state index contributed by atoms with van der Waals surface area (Å²) in [6.07, 6.45) is 2.39. The van der Waals surface area contributed by atoms with Gasteiger partial charge in [0.2, 0.25) is 0 Å². The summed E-state index contributed by atoms with van der Waals surface area (Å²) in [6.45, 7) is 6.69. The van der Waals surface area contributed by atoms with E-state index in [1.807, 2.05) is 20.8 Å². The van der Waals surface area contributed by atoms with Crippen LogP contribution in [0, 0.1) is 17.8 Å². The lowest BCUT2D eigenvalue weighted by molar-refractivity contribution is -0.145. The van der Waals surface area contributed by atoms with E-state index in [1.54, 1.807) is 4.90 Å². The SMILES string of the molecule is CC(C)(C)OC(=O)N1C[C@@H]2CCC[C@@H](C(=O)O)[C@@H]2C1. The summed E-state index contributed by atoms with van der Waals surface area (Å²) in [6, 6.07) is 0. The maximum atomic E-state index is 12.0. The van der Waals surface area contributed by atoms with Crippen LogP contribution in [0.1, 0.15) is 40.0 Å². The van der Waals surface area contributed by atoms with Crippen molar-refractivity contribution < 1.29 is 19.4 Å². The van der Waals surface area contributed by atoms with E-state index < -0.39 is 11.6 Å². The zero-order valence-electron chi connectivity index (χ0n) is 11.9. The average Bonchev–Trinajstić information content (AvgIpc) is 2.69. The van der Waals surface area contributed by atoms with Crippen LogP contribution in [0.15, 0.2) is 0 Å². The van der Waals surface area contributed by atoms with Gasteiger partial charge in [-0.15, -0.1) is 0 Å². The first-order valence-electron chi connectivity index (χ1n) is 6.98. The molecule has 108 valence electrons. The van der Waals surface area contributed by atoms with Crippen molar-refractivity contribution in [2.24, 2.45) is 17.8 Å². The van der Waals surface area contributed by atoms with Gasteiger partial charge in [0, 0.05) is 13.1 Å². The molecule has 1 N–H and O–H groups in total. The van der Waals surface area contributed by atoms with Gasteiger partial charge in [-0.25, -0.2) is 4.79 Å². The van der Waals surface area contributed by atoms with Crippen molar-refractivity contribution in [1.29, 1.82) is 0 Å². The predicted molar refractivity (Wildman–Crippen MR) is 69.8 cm³/mol. The van der Waals surface area contributed by atoms with Crippen LogP contribution in [0.4, 0.5) is 4.79 Å². The van der Waals surface area contributed by atoms with Crippen LogP contribution in [0.5, 0.6) is 0 Å². The van der Waals surface area contributed by atoms with E-state index in [4.69, 9.17) is 4.74 Å². The minimum atomic E-state index is -0.722. The van der Waals surface area contributed by atoms with Crippen LogP contribution in [0.2, 0.25) is 0 Å². The number of nitrogens with zero attached hydrogens (tertiary/aromatic N) is 1. The molecule has 1 amide bonds. The van der Waals surface area contributed by atoms with Crippen molar-refractivity contribution in [1.82, 2.24) is 4.90 Å². The Morgan fingerprint density at radius 3 is 2.47 bits per heavy atom. The number of fused-ring (bicyclic) bond motifs is 1.